The number of hydrogen-bond acceptors (Lipinski definition) is 2. The quantitative estimate of drug-likeness (QED) is 0.326. The molecule has 0 aliphatic carbocycles. The average Bonchev–Trinajstić information content (AvgIpc) is 2.84. The SMILES string of the molecule is Cc1ccc(C)c(CC(=O)N(Cc2c(Cl)cccc2Cl)[C@@H](Cc2ccccc2)C(=O)NCC(C)C)c1. The molecule has 0 saturated carbocycles. The van der Waals surface area contributed by atoms with Gasteiger partial charge in [-0.1, -0.05) is 97.2 Å². The number of amides is 2. The van der Waals surface area contributed by atoms with E-state index in [1.54, 1.807) is 23.1 Å². The molecule has 1 atom stereocenters. The first kappa shape index (κ1) is 27.8. The number of nitrogens with zero attached hydrogens (tertiary/aromatic N) is 1. The highest BCUT2D eigenvalue weighted by atomic mass is 35.5. The molecule has 190 valence electrons. The number of rotatable bonds is 10. The third-order valence-corrected chi connectivity index (χ3v) is 6.90. The Morgan fingerprint density at radius 3 is 2.22 bits per heavy atom. The van der Waals surface area contributed by atoms with Gasteiger partial charge in [0.15, 0.2) is 0 Å². The topological polar surface area (TPSA) is 49.4 Å². The molecular formula is C30H34Cl2N2O2. The van der Waals surface area contributed by atoms with E-state index in [-0.39, 0.29) is 30.7 Å². The minimum Gasteiger partial charge on any atom is -0.354 e. The highest BCUT2D eigenvalue weighted by Crippen LogP contribution is 2.28. The summed E-state index contributed by atoms with van der Waals surface area (Å²) in [5.74, 6) is -0.0613. The Labute approximate surface area is 224 Å². The Morgan fingerprint density at radius 1 is 0.917 bits per heavy atom. The van der Waals surface area contributed by atoms with Gasteiger partial charge in [-0.2, -0.15) is 0 Å². The number of nitrogens with one attached hydrogen (secondary N) is 1. The van der Waals surface area contributed by atoms with Crippen LogP contribution in [0.3, 0.4) is 0 Å². The van der Waals surface area contributed by atoms with Crippen molar-refractivity contribution in [3.63, 3.8) is 0 Å². The Morgan fingerprint density at radius 2 is 1.58 bits per heavy atom. The molecule has 3 rings (SSSR count). The van der Waals surface area contributed by atoms with E-state index in [2.05, 4.69) is 5.32 Å². The van der Waals surface area contributed by atoms with E-state index in [0.717, 1.165) is 22.3 Å². The van der Waals surface area contributed by atoms with Gasteiger partial charge in [0.05, 0.1) is 6.42 Å². The zero-order valence-electron chi connectivity index (χ0n) is 21.4. The summed E-state index contributed by atoms with van der Waals surface area (Å²) in [7, 11) is 0. The zero-order valence-corrected chi connectivity index (χ0v) is 22.9. The van der Waals surface area contributed by atoms with Crippen LogP contribution in [0.25, 0.3) is 0 Å². The van der Waals surface area contributed by atoms with E-state index in [4.69, 9.17) is 23.2 Å². The van der Waals surface area contributed by atoms with Crippen LogP contribution in [0.2, 0.25) is 10.0 Å². The molecule has 0 aromatic heterocycles. The molecular weight excluding hydrogens is 491 g/mol. The van der Waals surface area contributed by atoms with Crippen molar-refractivity contribution < 1.29 is 9.59 Å². The molecule has 0 spiro atoms. The molecule has 4 nitrogen and oxygen atoms in total. The lowest BCUT2D eigenvalue weighted by Gasteiger charge is -2.32. The normalized spacial score (nSPS) is 11.9. The first-order valence-corrected chi connectivity index (χ1v) is 13.0. The summed E-state index contributed by atoms with van der Waals surface area (Å²) in [4.78, 5) is 29.1. The number of aryl methyl sites for hydroxylation is 2. The maximum atomic E-state index is 13.9. The molecule has 0 unspecified atom stereocenters. The van der Waals surface area contributed by atoms with Gasteiger partial charge in [-0.15, -0.1) is 0 Å². The molecule has 3 aromatic carbocycles. The van der Waals surface area contributed by atoms with Gasteiger partial charge in [-0.25, -0.2) is 0 Å². The largest absolute Gasteiger partial charge is 0.354 e. The van der Waals surface area contributed by atoms with Gasteiger partial charge in [-0.05, 0) is 48.6 Å². The highest BCUT2D eigenvalue weighted by molar-refractivity contribution is 6.36. The van der Waals surface area contributed by atoms with Crippen LogP contribution in [0.15, 0.2) is 66.7 Å². The summed E-state index contributed by atoms with van der Waals surface area (Å²) < 4.78 is 0. The highest BCUT2D eigenvalue weighted by Gasteiger charge is 2.31. The maximum absolute atomic E-state index is 13.9. The molecule has 0 heterocycles. The van der Waals surface area contributed by atoms with Crippen molar-refractivity contribution in [2.75, 3.05) is 6.54 Å². The van der Waals surface area contributed by atoms with E-state index >= 15 is 0 Å². The number of carbonyl (C=O) groups is 2. The average molecular weight is 526 g/mol. The number of benzene rings is 3. The minimum absolute atomic E-state index is 0.134. The summed E-state index contributed by atoms with van der Waals surface area (Å²) in [6, 6.07) is 20.4. The third kappa shape index (κ3) is 7.59. The fraction of sp³-hybridized carbons (Fsp3) is 0.333. The van der Waals surface area contributed by atoms with Gasteiger partial charge in [0.25, 0.3) is 0 Å². The number of carbonyl (C=O) groups excluding carboxylic acids is 2. The molecule has 0 fully saturated rings. The molecule has 0 saturated heterocycles. The second kappa shape index (κ2) is 12.9. The molecule has 36 heavy (non-hydrogen) atoms. The van der Waals surface area contributed by atoms with Crippen LogP contribution in [-0.4, -0.2) is 29.3 Å². The minimum atomic E-state index is -0.726. The van der Waals surface area contributed by atoms with Crippen molar-refractivity contribution in [3.05, 3.63) is 105 Å². The third-order valence-electron chi connectivity index (χ3n) is 6.19. The summed E-state index contributed by atoms with van der Waals surface area (Å²) in [6.07, 6.45) is 0.559. The molecule has 3 aromatic rings. The van der Waals surface area contributed by atoms with Gasteiger partial charge in [0.1, 0.15) is 6.04 Å². The summed E-state index contributed by atoms with van der Waals surface area (Å²) >= 11 is 13.0. The molecule has 0 radical (unpaired) electrons. The molecule has 0 aliphatic heterocycles. The Kier molecular flexibility index (Phi) is 9.98. The van der Waals surface area contributed by atoms with Crippen molar-refractivity contribution in [1.82, 2.24) is 10.2 Å². The zero-order chi connectivity index (χ0) is 26.2. The van der Waals surface area contributed by atoms with Crippen molar-refractivity contribution in [2.45, 2.75) is 53.1 Å². The lowest BCUT2D eigenvalue weighted by Crippen LogP contribution is -2.51. The summed E-state index contributed by atoms with van der Waals surface area (Å²) in [6.45, 7) is 8.74. The monoisotopic (exact) mass is 524 g/mol. The van der Waals surface area contributed by atoms with Crippen molar-refractivity contribution >= 4 is 35.0 Å². The first-order valence-electron chi connectivity index (χ1n) is 12.3. The van der Waals surface area contributed by atoms with Crippen LogP contribution in [0.5, 0.6) is 0 Å². The molecule has 2 amide bonds. The fourth-order valence-corrected chi connectivity index (χ4v) is 4.60. The van der Waals surface area contributed by atoms with Gasteiger partial charge in [0.2, 0.25) is 11.8 Å². The number of halogens is 2. The molecule has 1 N–H and O–H groups in total. The number of hydrogen-bond donors (Lipinski definition) is 1. The van der Waals surface area contributed by atoms with E-state index in [1.807, 2.05) is 76.2 Å². The van der Waals surface area contributed by atoms with Crippen LogP contribution in [0, 0.1) is 19.8 Å². The standard InChI is InChI=1S/C30H34Cl2N2O2/c1-20(2)18-33-30(36)28(16-23-9-6-5-7-10-23)34(19-25-26(31)11-8-12-27(25)32)29(35)17-24-15-21(3)13-14-22(24)4/h5-15,20,28H,16-19H2,1-4H3,(H,33,36)/t28-/m0/s1. The molecule has 0 aliphatic rings. The van der Waals surface area contributed by atoms with E-state index in [1.165, 1.54) is 0 Å². The summed E-state index contributed by atoms with van der Waals surface area (Å²) in [5, 5.41) is 3.97. The van der Waals surface area contributed by atoms with E-state index in [0.29, 0.717) is 28.6 Å². The van der Waals surface area contributed by atoms with E-state index in [9.17, 15) is 9.59 Å². The fourth-order valence-electron chi connectivity index (χ4n) is 4.09. The van der Waals surface area contributed by atoms with Crippen LogP contribution < -0.4 is 5.32 Å². The van der Waals surface area contributed by atoms with Gasteiger partial charge in [-0.3, -0.25) is 9.59 Å². The lowest BCUT2D eigenvalue weighted by atomic mass is 9.99. The second-order valence-electron chi connectivity index (χ2n) is 9.67. The molecule has 6 heteroatoms. The Bertz CT molecular complexity index is 1170. The predicted octanol–water partition coefficient (Wildman–Crippen LogP) is 6.57. The Hall–Kier alpha value is -2.82. The predicted molar refractivity (Wildman–Crippen MR) is 148 cm³/mol. The lowest BCUT2D eigenvalue weighted by molar-refractivity contribution is -0.140. The molecule has 0 bridgehead atoms. The van der Waals surface area contributed by atoms with E-state index < -0.39 is 6.04 Å². The second-order valence-corrected chi connectivity index (χ2v) is 10.5. The Balaban J connectivity index is 2.03. The van der Waals surface area contributed by atoms with Crippen molar-refractivity contribution in [1.29, 1.82) is 0 Å². The van der Waals surface area contributed by atoms with Crippen molar-refractivity contribution in [2.24, 2.45) is 5.92 Å². The van der Waals surface area contributed by atoms with Gasteiger partial charge in [0, 0.05) is 35.1 Å². The van der Waals surface area contributed by atoms with Gasteiger partial charge >= 0.3 is 0 Å². The van der Waals surface area contributed by atoms with Crippen LogP contribution in [-0.2, 0) is 29.0 Å². The van der Waals surface area contributed by atoms with Crippen LogP contribution >= 0.6 is 23.2 Å². The first-order chi connectivity index (χ1) is 17.2. The van der Waals surface area contributed by atoms with Crippen LogP contribution in [0.1, 0.15) is 41.7 Å². The maximum Gasteiger partial charge on any atom is 0.243 e. The smallest absolute Gasteiger partial charge is 0.243 e. The van der Waals surface area contributed by atoms with Gasteiger partial charge < -0.3 is 10.2 Å². The van der Waals surface area contributed by atoms with Crippen molar-refractivity contribution in [3.8, 4) is 0 Å². The summed E-state index contributed by atoms with van der Waals surface area (Å²) in [5.41, 5.74) is 4.66. The van der Waals surface area contributed by atoms with Crippen LogP contribution in [0.4, 0.5) is 0 Å².